The topological polar surface area (TPSA) is 38.5 Å². The highest BCUT2D eigenvalue weighted by Crippen LogP contribution is 2.22. The molecule has 3 nitrogen and oxygen atoms in total. The van der Waals surface area contributed by atoms with Crippen LogP contribution in [0, 0.1) is 0 Å². The second kappa shape index (κ2) is 6.70. The third-order valence-electron chi connectivity index (χ3n) is 4.32. The highest BCUT2D eigenvalue weighted by molar-refractivity contribution is 5.25. The van der Waals surface area contributed by atoms with E-state index in [4.69, 9.17) is 10.5 Å². The van der Waals surface area contributed by atoms with Gasteiger partial charge in [-0.3, -0.25) is 4.90 Å². The summed E-state index contributed by atoms with van der Waals surface area (Å²) in [5, 5.41) is 0. The normalized spacial score (nSPS) is 27.2. The quantitative estimate of drug-likeness (QED) is 0.919. The van der Waals surface area contributed by atoms with Crippen molar-refractivity contribution in [3.8, 4) is 0 Å². The van der Waals surface area contributed by atoms with Crippen LogP contribution < -0.4 is 5.73 Å². The van der Waals surface area contributed by atoms with Gasteiger partial charge >= 0.3 is 0 Å². The van der Waals surface area contributed by atoms with E-state index in [-0.39, 0.29) is 18.2 Å². The molecule has 0 saturated carbocycles. The van der Waals surface area contributed by atoms with Gasteiger partial charge in [0, 0.05) is 25.2 Å². The minimum absolute atomic E-state index is 0.0541. The van der Waals surface area contributed by atoms with Crippen molar-refractivity contribution < 1.29 is 4.74 Å². The van der Waals surface area contributed by atoms with Gasteiger partial charge in [-0.05, 0) is 38.3 Å². The van der Waals surface area contributed by atoms with Crippen LogP contribution in [0.15, 0.2) is 24.3 Å². The molecule has 20 heavy (non-hydrogen) atoms. The van der Waals surface area contributed by atoms with E-state index < -0.39 is 0 Å². The molecule has 1 heterocycles. The molecule has 1 aromatic rings. The van der Waals surface area contributed by atoms with Crippen LogP contribution in [0.5, 0.6) is 0 Å². The number of morpholine rings is 1. The summed E-state index contributed by atoms with van der Waals surface area (Å²) in [5.41, 5.74) is 9.06. The van der Waals surface area contributed by atoms with Crippen LogP contribution in [0.25, 0.3) is 0 Å². The van der Waals surface area contributed by atoms with Crippen molar-refractivity contribution in [3.63, 3.8) is 0 Å². The lowest BCUT2D eigenvalue weighted by Gasteiger charge is -2.41. The van der Waals surface area contributed by atoms with Crippen LogP contribution >= 0.6 is 0 Å². The summed E-state index contributed by atoms with van der Waals surface area (Å²) < 4.78 is 5.80. The first kappa shape index (κ1) is 15.5. The van der Waals surface area contributed by atoms with Crippen molar-refractivity contribution in [1.29, 1.82) is 0 Å². The molecule has 3 heteroatoms. The summed E-state index contributed by atoms with van der Waals surface area (Å²) in [6, 6.07) is 9.11. The number of benzene rings is 1. The Hall–Kier alpha value is -0.900. The van der Waals surface area contributed by atoms with Crippen LogP contribution in [-0.2, 0) is 11.2 Å². The predicted molar refractivity (Wildman–Crippen MR) is 83.8 cm³/mol. The number of ether oxygens (including phenoxy) is 1. The molecule has 0 aromatic heterocycles. The van der Waals surface area contributed by atoms with Gasteiger partial charge in [-0.1, -0.05) is 31.2 Å². The van der Waals surface area contributed by atoms with Gasteiger partial charge in [0.25, 0.3) is 0 Å². The van der Waals surface area contributed by atoms with Crippen molar-refractivity contribution >= 4 is 0 Å². The Morgan fingerprint density at radius 3 is 2.25 bits per heavy atom. The lowest BCUT2D eigenvalue weighted by Crippen LogP contribution is -2.52. The number of hydrogen-bond donors (Lipinski definition) is 1. The fraction of sp³-hybridized carbons (Fsp3) is 0.647. The fourth-order valence-corrected chi connectivity index (χ4v) is 3.03. The molecule has 4 atom stereocenters. The van der Waals surface area contributed by atoms with E-state index in [1.54, 1.807) is 0 Å². The number of aryl methyl sites for hydroxylation is 1. The maximum Gasteiger partial charge on any atom is 0.0678 e. The summed E-state index contributed by atoms with van der Waals surface area (Å²) in [4.78, 5) is 2.46. The van der Waals surface area contributed by atoms with E-state index in [1.807, 2.05) is 0 Å². The van der Waals surface area contributed by atoms with Crippen molar-refractivity contribution in [2.45, 2.75) is 58.4 Å². The lowest BCUT2D eigenvalue weighted by molar-refractivity contribution is -0.0809. The Balaban J connectivity index is 2.04. The summed E-state index contributed by atoms with van der Waals surface area (Å²) in [6.07, 6.45) is 1.65. The van der Waals surface area contributed by atoms with Crippen LogP contribution in [-0.4, -0.2) is 36.2 Å². The van der Waals surface area contributed by atoms with Crippen LogP contribution in [0.3, 0.4) is 0 Å². The zero-order valence-corrected chi connectivity index (χ0v) is 13.2. The first-order valence-corrected chi connectivity index (χ1v) is 7.75. The second-order valence-corrected chi connectivity index (χ2v) is 6.07. The summed E-state index contributed by atoms with van der Waals surface area (Å²) in [6.45, 7) is 10.6. The molecule has 1 fully saturated rings. The van der Waals surface area contributed by atoms with E-state index in [9.17, 15) is 0 Å². The summed E-state index contributed by atoms with van der Waals surface area (Å²) >= 11 is 0. The highest BCUT2D eigenvalue weighted by Gasteiger charge is 2.29. The third-order valence-corrected chi connectivity index (χ3v) is 4.32. The minimum Gasteiger partial charge on any atom is -0.373 e. The van der Waals surface area contributed by atoms with Gasteiger partial charge in [0.15, 0.2) is 0 Å². The molecular weight excluding hydrogens is 248 g/mol. The van der Waals surface area contributed by atoms with Gasteiger partial charge in [-0.25, -0.2) is 0 Å². The lowest BCUT2D eigenvalue weighted by atomic mass is 9.97. The summed E-state index contributed by atoms with van der Waals surface area (Å²) in [5.74, 6) is 0. The van der Waals surface area contributed by atoms with E-state index in [0.29, 0.717) is 6.04 Å². The summed E-state index contributed by atoms with van der Waals surface area (Å²) in [7, 11) is 0. The van der Waals surface area contributed by atoms with Crippen LogP contribution in [0.2, 0.25) is 0 Å². The van der Waals surface area contributed by atoms with Crippen molar-refractivity contribution in [2.75, 3.05) is 13.1 Å². The van der Waals surface area contributed by atoms with Gasteiger partial charge < -0.3 is 10.5 Å². The largest absolute Gasteiger partial charge is 0.373 e. The van der Waals surface area contributed by atoms with Gasteiger partial charge in [0.2, 0.25) is 0 Å². The number of hydrogen-bond acceptors (Lipinski definition) is 3. The van der Waals surface area contributed by atoms with E-state index >= 15 is 0 Å². The molecule has 0 spiro atoms. The molecule has 0 aliphatic carbocycles. The number of nitrogens with two attached hydrogens (primary N) is 1. The molecule has 2 N–H and O–H groups in total. The predicted octanol–water partition coefficient (Wildman–Crippen LogP) is 2.75. The van der Waals surface area contributed by atoms with Gasteiger partial charge in [-0.15, -0.1) is 0 Å². The van der Waals surface area contributed by atoms with E-state index in [1.165, 1.54) is 11.1 Å². The third kappa shape index (κ3) is 3.60. The monoisotopic (exact) mass is 276 g/mol. The zero-order valence-electron chi connectivity index (χ0n) is 13.2. The van der Waals surface area contributed by atoms with Crippen molar-refractivity contribution in [2.24, 2.45) is 5.73 Å². The molecule has 0 bridgehead atoms. The van der Waals surface area contributed by atoms with Crippen LogP contribution in [0.1, 0.15) is 44.9 Å². The Labute approximate surface area is 123 Å². The Bertz CT molecular complexity index is 408. The first-order chi connectivity index (χ1) is 9.51. The Kier molecular flexibility index (Phi) is 5.19. The van der Waals surface area contributed by atoms with E-state index in [0.717, 1.165) is 19.5 Å². The molecule has 0 radical (unpaired) electrons. The minimum atomic E-state index is 0.0541. The fourth-order valence-electron chi connectivity index (χ4n) is 3.03. The van der Waals surface area contributed by atoms with Gasteiger partial charge in [0.1, 0.15) is 0 Å². The highest BCUT2D eigenvalue weighted by atomic mass is 16.5. The molecule has 0 amide bonds. The molecule has 1 saturated heterocycles. The maximum atomic E-state index is 6.47. The molecular formula is C17H28N2O. The Morgan fingerprint density at radius 1 is 1.20 bits per heavy atom. The zero-order chi connectivity index (χ0) is 14.7. The van der Waals surface area contributed by atoms with Gasteiger partial charge in [-0.2, -0.15) is 0 Å². The van der Waals surface area contributed by atoms with Crippen molar-refractivity contribution in [1.82, 2.24) is 4.90 Å². The van der Waals surface area contributed by atoms with Gasteiger partial charge in [0.05, 0.1) is 12.2 Å². The average Bonchev–Trinajstić information content (AvgIpc) is 2.45. The Morgan fingerprint density at radius 2 is 1.75 bits per heavy atom. The number of nitrogens with zero attached hydrogens (tertiary/aromatic N) is 1. The molecule has 4 unspecified atom stereocenters. The van der Waals surface area contributed by atoms with E-state index in [2.05, 4.69) is 56.9 Å². The SMILES string of the molecule is CCc1ccc(C(N)C(C)N2CC(C)OC(C)C2)cc1. The standard InChI is InChI=1S/C17H28N2O/c1-5-15-6-8-16(9-7-15)17(18)14(4)19-10-12(2)20-13(3)11-19/h6-9,12-14,17H,5,10-11,18H2,1-4H3. The first-order valence-electron chi connectivity index (χ1n) is 7.75. The maximum absolute atomic E-state index is 6.47. The second-order valence-electron chi connectivity index (χ2n) is 6.07. The van der Waals surface area contributed by atoms with Crippen molar-refractivity contribution in [3.05, 3.63) is 35.4 Å². The average molecular weight is 276 g/mol. The molecule has 112 valence electrons. The smallest absolute Gasteiger partial charge is 0.0678 e. The molecule has 2 rings (SSSR count). The van der Waals surface area contributed by atoms with Crippen LogP contribution in [0.4, 0.5) is 0 Å². The number of rotatable bonds is 4. The molecule has 1 aliphatic heterocycles. The molecule has 1 aliphatic rings. The molecule has 1 aromatic carbocycles.